The molecule has 48 heavy (non-hydrogen) atoms. The van der Waals surface area contributed by atoms with Crippen LogP contribution in [0.5, 0.6) is 0 Å². The second kappa shape index (κ2) is 14.7. The maximum Gasteiger partial charge on any atom is 0.410 e. The van der Waals surface area contributed by atoms with E-state index in [4.69, 9.17) is 14.1 Å². The number of halogens is 3. The molecule has 0 N–H and O–H groups in total. The van der Waals surface area contributed by atoms with Crippen molar-refractivity contribution in [1.29, 1.82) is 0 Å². The van der Waals surface area contributed by atoms with E-state index < -0.39 is 47.2 Å². The van der Waals surface area contributed by atoms with Gasteiger partial charge in [-0.25, -0.2) is 22.9 Å². The summed E-state index contributed by atoms with van der Waals surface area (Å²) in [5.74, 6) is -2.48. The maximum absolute atomic E-state index is 15.7. The first-order valence-electron chi connectivity index (χ1n) is 16.2. The van der Waals surface area contributed by atoms with E-state index in [1.54, 1.807) is 18.7 Å². The van der Waals surface area contributed by atoms with Gasteiger partial charge in [-0.1, -0.05) is 95.3 Å². The molecule has 2 amide bonds. The first-order chi connectivity index (χ1) is 22.8. The first kappa shape index (κ1) is 34.7. The van der Waals surface area contributed by atoms with E-state index in [0.717, 1.165) is 29.3 Å². The van der Waals surface area contributed by atoms with Gasteiger partial charge in [0.15, 0.2) is 0 Å². The van der Waals surface area contributed by atoms with Gasteiger partial charge in [-0.05, 0) is 34.7 Å². The highest BCUT2D eigenvalue weighted by molar-refractivity contribution is 5.79. The molecule has 1 saturated heterocycles. The van der Waals surface area contributed by atoms with Crippen LogP contribution in [0.25, 0.3) is 11.5 Å². The van der Waals surface area contributed by atoms with Gasteiger partial charge in [-0.15, -0.1) is 0 Å². The van der Waals surface area contributed by atoms with Crippen LogP contribution < -0.4 is 0 Å². The molecule has 3 aromatic carbocycles. The summed E-state index contributed by atoms with van der Waals surface area (Å²) in [6, 6.07) is 21.0. The Labute approximate surface area is 279 Å². The van der Waals surface area contributed by atoms with Gasteiger partial charge in [0.2, 0.25) is 11.8 Å². The average molecular weight is 662 g/mol. The van der Waals surface area contributed by atoms with Crippen LogP contribution >= 0.6 is 0 Å². The van der Waals surface area contributed by atoms with E-state index in [2.05, 4.69) is 0 Å². The van der Waals surface area contributed by atoms with Gasteiger partial charge < -0.3 is 19.0 Å². The van der Waals surface area contributed by atoms with Crippen LogP contribution in [0.15, 0.2) is 83.3 Å². The molecule has 3 atom stereocenters. The van der Waals surface area contributed by atoms with E-state index in [1.165, 1.54) is 4.90 Å². The number of oxazole rings is 1. The number of alkyl halides is 1. The molecule has 5 rings (SSSR count). The Morgan fingerprint density at radius 3 is 2.25 bits per heavy atom. The molecule has 0 bridgehead atoms. The zero-order valence-corrected chi connectivity index (χ0v) is 28.0. The number of hydrogen-bond acceptors (Lipinski definition) is 5. The van der Waals surface area contributed by atoms with Gasteiger partial charge >= 0.3 is 6.09 Å². The van der Waals surface area contributed by atoms with Crippen molar-refractivity contribution < 1.29 is 31.9 Å². The Bertz CT molecular complexity index is 1710. The lowest BCUT2D eigenvalue weighted by Gasteiger charge is -2.41. The molecule has 0 saturated carbocycles. The number of carbonyl (C=O) groups is 2. The number of aromatic nitrogens is 1. The van der Waals surface area contributed by atoms with Crippen LogP contribution in [0.2, 0.25) is 0 Å². The van der Waals surface area contributed by atoms with Crippen molar-refractivity contribution in [3.05, 3.63) is 113 Å². The van der Waals surface area contributed by atoms with E-state index in [1.807, 2.05) is 81.4 Å². The van der Waals surface area contributed by atoms with Crippen LogP contribution in [0.1, 0.15) is 63.2 Å². The van der Waals surface area contributed by atoms with E-state index >= 15 is 8.78 Å². The molecule has 1 aliphatic rings. The summed E-state index contributed by atoms with van der Waals surface area (Å²) in [4.78, 5) is 34.7. The molecule has 0 spiro atoms. The van der Waals surface area contributed by atoms with Gasteiger partial charge in [0.1, 0.15) is 35.9 Å². The van der Waals surface area contributed by atoms with E-state index in [9.17, 15) is 14.0 Å². The minimum Gasteiger partial charge on any atom is -0.445 e. The number of rotatable bonds is 10. The predicted molar refractivity (Wildman–Crippen MR) is 176 cm³/mol. The number of likely N-dealkylation sites (tertiary alicyclic amines) is 1. The molecule has 1 aliphatic heterocycles. The molecule has 7 nitrogen and oxygen atoms in total. The number of hydrogen-bond donors (Lipinski definition) is 0. The minimum atomic E-state index is -1.41. The molecule has 1 fully saturated rings. The highest BCUT2D eigenvalue weighted by Crippen LogP contribution is 2.43. The summed E-state index contributed by atoms with van der Waals surface area (Å²) in [5.41, 5.74) is 1.28. The lowest BCUT2D eigenvalue weighted by molar-refractivity contribution is -0.141. The monoisotopic (exact) mass is 661 g/mol. The normalized spacial score (nSPS) is 17.1. The number of amides is 2. The molecule has 0 aliphatic carbocycles. The Morgan fingerprint density at radius 2 is 1.62 bits per heavy atom. The van der Waals surface area contributed by atoms with Crippen LogP contribution in [0.4, 0.5) is 18.0 Å². The number of nitrogens with zero attached hydrogens (tertiary/aromatic N) is 3. The van der Waals surface area contributed by atoms with Gasteiger partial charge in [0.05, 0.1) is 18.2 Å². The topological polar surface area (TPSA) is 75.9 Å². The summed E-state index contributed by atoms with van der Waals surface area (Å²) < 4.78 is 56.7. The third-order valence-corrected chi connectivity index (χ3v) is 8.52. The predicted octanol–water partition coefficient (Wildman–Crippen LogP) is 8.39. The van der Waals surface area contributed by atoms with Crippen LogP contribution in [-0.2, 0) is 22.6 Å². The fourth-order valence-corrected chi connectivity index (χ4v) is 6.16. The van der Waals surface area contributed by atoms with Crippen molar-refractivity contribution in [3.63, 3.8) is 0 Å². The minimum absolute atomic E-state index is 0.0100. The van der Waals surface area contributed by atoms with Gasteiger partial charge in [0, 0.05) is 31.3 Å². The lowest BCUT2D eigenvalue weighted by atomic mass is 9.81. The molecular weight excluding hydrogens is 619 g/mol. The first-order valence-corrected chi connectivity index (χ1v) is 16.2. The molecule has 1 aromatic heterocycles. The number of benzene rings is 3. The van der Waals surface area contributed by atoms with Crippen molar-refractivity contribution in [2.75, 3.05) is 19.6 Å². The summed E-state index contributed by atoms with van der Waals surface area (Å²) in [7, 11) is 0. The SMILES string of the molecule is CC(C)C(=O)N(C[C@@H]1CN(C(=O)OCc2ccccc2)C[C@@H]1F)[C@H](c1nc(-c2cc(F)ccc2F)oc1Cc1ccccc1)C(C)(C)C. The standard InChI is InChI=1S/C38H42F3N3O4/c1-24(2)36(45)44(21-27-20-43(22-31(27)41)37(46)47-23-26-14-10-7-11-15-26)34(38(3,4)5)33-32(18-25-12-8-6-9-13-25)48-35(42-33)29-19-28(39)16-17-30(29)40/h6-17,19,24,27,31,34H,18,20-23H2,1-5H3/t27-,31-,34+/m0/s1. The fraction of sp³-hybridized carbons (Fsp3) is 0.395. The van der Waals surface area contributed by atoms with Crippen LogP contribution in [0, 0.1) is 28.9 Å². The third-order valence-electron chi connectivity index (χ3n) is 8.52. The lowest BCUT2D eigenvalue weighted by Crippen LogP contribution is -2.47. The average Bonchev–Trinajstić information content (AvgIpc) is 3.63. The largest absolute Gasteiger partial charge is 0.445 e. The van der Waals surface area contributed by atoms with Crippen molar-refractivity contribution in [2.24, 2.45) is 17.3 Å². The molecule has 10 heteroatoms. The number of carbonyl (C=O) groups excluding carboxylic acids is 2. The van der Waals surface area contributed by atoms with Crippen molar-refractivity contribution in [2.45, 2.75) is 59.9 Å². The molecule has 2 heterocycles. The molecule has 4 aromatic rings. The Morgan fingerprint density at radius 1 is 0.979 bits per heavy atom. The van der Waals surface area contributed by atoms with E-state index in [-0.39, 0.29) is 50.0 Å². The van der Waals surface area contributed by atoms with Crippen LogP contribution in [-0.4, -0.2) is 52.6 Å². The van der Waals surface area contributed by atoms with Crippen molar-refractivity contribution in [1.82, 2.24) is 14.8 Å². The van der Waals surface area contributed by atoms with Gasteiger partial charge in [-0.2, -0.15) is 0 Å². The highest BCUT2D eigenvalue weighted by atomic mass is 19.1. The maximum atomic E-state index is 15.7. The van der Waals surface area contributed by atoms with Crippen LogP contribution in [0.3, 0.4) is 0 Å². The molecule has 0 unspecified atom stereocenters. The number of ether oxygens (including phenoxy) is 1. The second-order valence-electron chi connectivity index (χ2n) is 13.7. The van der Waals surface area contributed by atoms with Crippen molar-refractivity contribution in [3.8, 4) is 11.5 Å². The zero-order valence-electron chi connectivity index (χ0n) is 28.0. The Balaban J connectivity index is 1.50. The molecule has 0 radical (unpaired) electrons. The van der Waals surface area contributed by atoms with E-state index in [0.29, 0.717) is 11.5 Å². The summed E-state index contributed by atoms with van der Waals surface area (Å²) in [6.07, 6.45) is -1.76. The molecule has 254 valence electrons. The summed E-state index contributed by atoms with van der Waals surface area (Å²) in [6.45, 7) is 9.31. The molecular formula is C38H42F3N3O4. The zero-order chi connectivity index (χ0) is 34.6. The van der Waals surface area contributed by atoms with Gasteiger partial charge in [-0.3, -0.25) is 4.79 Å². The Kier molecular flexibility index (Phi) is 10.6. The smallest absolute Gasteiger partial charge is 0.410 e. The summed E-state index contributed by atoms with van der Waals surface area (Å²) >= 11 is 0. The van der Waals surface area contributed by atoms with Crippen molar-refractivity contribution >= 4 is 12.0 Å². The second-order valence-corrected chi connectivity index (χ2v) is 13.7. The van der Waals surface area contributed by atoms with Gasteiger partial charge in [0.25, 0.3) is 0 Å². The fourth-order valence-electron chi connectivity index (χ4n) is 6.16. The highest BCUT2D eigenvalue weighted by Gasteiger charge is 2.44. The quantitative estimate of drug-likeness (QED) is 0.171. The Hall–Kier alpha value is -4.60. The third kappa shape index (κ3) is 8.09. The summed E-state index contributed by atoms with van der Waals surface area (Å²) in [5, 5.41) is 0.